The van der Waals surface area contributed by atoms with Gasteiger partial charge in [0.15, 0.2) is 0 Å². The van der Waals surface area contributed by atoms with E-state index in [0.717, 1.165) is 51.4 Å². The second-order valence-electron chi connectivity index (χ2n) is 17.9. The summed E-state index contributed by atoms with van der Waals surface area (Å²) in [5, 5.41) is 22.9. The third-order valence-corrected chi connectivity index (χ3v) is 11.9. The molecule has 0 saturated carbocycles. The molecule has 0 fully saturated rings. The molecule has 0 spiro atoms. The first-order valence-corrected chi connectivity index (χ1v) is 26.3. The maximum atomic E-state index is 12.4. The summed E-state index contributed by atoms with van der Waals surface area (Å²) < 4.78 is 5.47. The van der Waals surface area contributed by atoms with Crippen molar-refractivity contribution in [3.63, 3.8) is 0 Å². The summed E-state index contributed by atoms with van der Waals surface area (Å²) >= 11 is 0. The van der Waals surface area contributed by atoms with E-state index < -0.39 is 12.1 Å². The van der Waals surface area contributed by atoms with Gasteiger partial charge in [-0.25, -0.2) is 0 Å². The Morgan fingerprint density at radius 2 is 0.833 bits per heavy atom. The summed E-state index contributed by atoms with van der Waals surface area (Å²) in [4.78, 5) is 24.4. The fraction of sp³-hybridized carbons (Fsp3) is 0.852. The van der Waals surface area contributed by atoms with Crippen LogP contribution in [0.4, 0.5) is 0 Å². The van der Waals surface area contributed by atoms with Crippen molar-refractivity contribution in [1.82, 2.24) is 5.32 Å². The third-order valence-electron chi connectivity index (χ3n) is 11.9. The number of esters is 1. The summed E-state index contributed by atoms with van der Waals surface area (Å²) in [6.07, 6.45) is 60.1. The van der Waals surface area contributed by atoms with E-state index in [2.05, 4.69) is 43.5 Å². The van der Waals surface area contributed by atoms with Crippen LogP contribution in [0.1, 0.15) is 271 Å². The molecule has 6 heteroatoms. The summed E-state index contributed by atoms with van der Waals surface area (Å²) in [5.41, 5.74) is 0. The fourth-order valence-electron chi connectivity index (χ4n) is 7.84. The Hall–Kier alpha value is -1.92. The normalized spacial score (nSPS) is 12.9. The van der Waals surface area contributed by atoms with E-state index in [-0.39, 0.29) is 18.5 Å². The molecule has 2 unspecified atom stereocenters. The predicted molar refractivity (Wildman–Crippen MR) is 259 cm³/mol. The molecule has 0 aromatic carbocycles. The van der Waals surface area contributed by atoms with Gasteiger partial charge in [-0.15, -0.1) is 0 Å². The zero-order valence-corrected chi connectivity index (χ0v) is 39.9. The molecule has 3 N–H and O–H groups in total. The van der Waals surface area contributed by atoms with E-state index in [1.807, 2.05) is 6.08 Å². The first-order chi connectivity index (χ1) is 29.5. The highest BCUT2D eigenvalue weighted by Gasteiger charge is 2.18. The maximum absolute atomic E-state index is 12.4. The van der Waals surface area contributed by atoms with Crippen LogP contribution in [0.5, 0.6) is 0 Å². The van der Waals surface area contributed by atoms with Crippen molar-refractivity contribution in [1.29, 1.82) is 0 Å². The number of aliphatic hydroxyl groups excluding tert-OH is 2. The van der Waals surface area contributed by atoms with Crippen molar-refractivity contribution in [2.24, 2.45) is 0 Å². The Balaban J connectivity index is 3.41. The molecule has 0 aromatic heterocycles. The Bertz CT molecular complexity index is 977. The molecular formula is C54H101NO5. The summed E-state index contributed by atoms with van der Waals surface area (Å²) in [6.45, 7) is 4.84. The van der Waals surface area contributed by atoms with Crippen molar-refractivity contribution in [2.45, 2.75) is 283 Å². The van der Waals surface area contributed by atoms with Crippen molar-refractivity contribution in [3.05, 3.63) is 36.5 Å². The standard InChI is InChI=1S/C54H101NO5/c1-3-5-7-9-11-13-14-15-16-22-25-28-32-36-40-44-48-54(59)60-49-45-41-37-33-29-26-23-20-18-17-19-21-24-27-31-35-39-43-47-53(58)55-51(50-56)52(57)46-42-38-34-30-12-10-8-6-4-2/h13-14,16,22,42,46,51-52,56-57H,3-12,15,17-21,23-41,43-45,47-50H2,1-2H3,(H,55,58)/b14-13-,22-16-,46-42+. The third kappa shape index (κ3) is 45.6. The molecule has 0 bridgehead atoms. The number of rotatable bonds is 48. The lowest BCUT2D eigenvalue weighted by Gasteiger charge is -2.20. The van der Waals surface area contributed by atoms with Crippen molar-refractivity contribution >= 4 is 11.9 Å². The number of nitrogens with one attached hydrogen (secondary N) is 1. The van der Waals surface area contributed by atoms with Gasteiger partial charge < -0.3 is 20.3 Å². The van der Waals surface area contributed by atoms with Gasteiger partial charge in [-0.3, -0.25) is 9.59 Å². The number of amides is 1. The number of unbranched alkanes of at least 4 members (excludes halogenated alkanes) is 33. The van der Waals surface area contributed by atoms with Gasteiger partial charge in [0.05, 0.1) is 25.4 Å². The van der Waals surface area contributed by atoms with Crippen LogP contribution in [-0.2, 0) is 14.3 Å². The highest BCUT2D eigenvalue weighted by atomic mass is 16.5. The second kappa shape index (κ2) is 49.7. The van der Waals surface area contributed by atoms with Gasteiger partial charge in [0.1, 0.15) is 0 Å². The summed E-state index contributed by atoms with van der Waals surface area (Å²) in [7, 11) is 0. The van der Waals surface area contributed by atoms with Gasteiger partial charge in [0.25, 0.3) is 0 Å². The van der Waals surface area contributed by atoms with Gasteiger partial charge in [0.2, 0.25) is 5.91 Å². The largest absolute Gasteiger partial charge is 0.466 e. The number of hydrogen-bond acceptors (Lipinski definition) is 5. The van der Waals surface area contributed by atoms with Crippen LogP contribution in [0.3, 0.4) is 0 Å². The fourth-order valence-corrected chi connectivity index (χ4v) is 7.84. The number of allylic oxidation sites excluding steroid dienone is 5. The Labute approximate surface area is 373 Å². The van der Waals surface area contributed by atoms with Crippen molar-refractivity contribution < 1.29 is 24.5 Å². The average molecular weight is 844 g/mol. The number of hydrogen-bond donors (Lipinski definition) is 3. The summed E-state index contributed by atoms with van der Waals surface area (Å²) in [6, 6.07) is -0.629. The summed E-state index contributed by atoms with van der Waals surface area (Å²) in [5.74, 6) is -0.0835. The van der Waals surface area contributed by atoms with Gasteiger partial charge in [-0.1, -0.05) is 230 Å². The van der Waals surface area contributed by atoms with Crippen LogP contribution < -0.4 is 5.32 Å². The monoisotopic (exact) mass is 844 g/mol. The van der Waals surface area contributed by atoms with Gasteiger partial charge in [-0.2, -0.15) is 0 Å². The van der Waals surface area contributed by atoms with E-state index in [1.165, 1.54) is 193 Å². The molecule has 0 aliphatic heterocycles. The van der Waals surface area contributed by atoms with E-state index >= 15 is 0 Å². The minimum atomic E-state index is -0.845. The zero-order valence-electron chi connectivity index (χ0n) is 39.9. The molecular weight excluding hydrogens is 743 g/mol. The highest BCUT2D eigenvalue weighted by molar-refractivity contribution is 5.76. The lowest BCUT2D eigenvalue weighted by atomic mass is 10.0. The number of ether oxygens (including phenoxy) is 1. The van der Waals surface area contributed by atoms with Crippen LogP contribution in [0.25, 0.3) is 0 Å². The predicted octanol–water partition coefficient (Wildman–Crippen LogP) is 15.7. The Morgan fingerprint density at radius 3 is 1.28 bits per heavy atom. The molecule has 6 nitrogen and oxygen atoms in total. The van der Waals surface area contributed by atoms with E-state index in [1.54, 1.807) is 6.08 Å². The van der Waals surface area contributed by atoms with E-state index in [0.29, 0.717) is 19.4 Å². The molecule has 1 amide bonds. The molecule has 60 heavy (non-hydrogen) atoms. The minimum absolute atomic E-state index is 0.00779. The Kier molecular flexibility index (Phi) is 48.1. The topological polar surface area (TPSA) is 95.9 Å². The van der Waals surface area contributed by atoms with Crippen LogP contribution >= 0.6 is 0 Å². The number of carbonyl (C=O) groups excluding carboxylic acids is 2. The lowest BCUT2D eigenvalue weighted by Crippen LogP contribution is -2.45. The number of carbonyl (C=O) groups is 2. The van der Waals surface area contributed by atoms with E-state index in [4.69, 9.17) is 4.74 Å². The molecule has 0 aromatic rings. The van der Waals surface area contributed by atoms with E-state index in [9.17, 15) is 19.8 Å². The molecule has 0 aliphatic carbocycles. The van der Waals surface area contributed by atoms with Gasteiger partial charge >= 0.3 is 5.97 Å². The van der Waals surface area contributed by atoms with Gasteiger partial charge in [-0.05, 0) is 64.2 Å². The minimum Gasteiger partial charge on any atom is -0.466 e. The molecule has 0 rings (SSSR count). The van der Waals surface area contributed by atoms with Crippen molar-refractivity contribution in [3.8, 4) is 0 Å². The first kappa shape index (κ1) is 58.1. The zero-order chi connectivity index (χ0) is 43.7. The molecule has 0 saturated heterocycles. The first-order valence-electron chi connectivity index (χ1n) is 26.3. The molecule has 0 radical (unpaired) electrons. The quantitative estimate of drug-likeness (QED) is 0.0322. The van der Waals surface area contributed by atoms with Crippen LogP contribution in [-0.4, -0.2) is 47.4 Å². The SMILES string of the molecule is CCCCCC/C=C\C/C=C\CCCCCCCC(=O)OCCCCCCCCCCCCCCCCCCCCC(=O)NC(CO)C(O)/C=C/CCCCCCCCC. The maximum Gasteiger partial charge on any atom is 0.305 e. The van der Waals surface area contributed by atoms with Gasteiger partial charge in [0, 0.05) is 12.8 Å². The number of aliphatic hydroxyl groups is 2. The highest BCUT2D eigenvalue weighted by Crippen LogP contribution is 2.16. The molecule has 0 aliphatic rings. The van der Waals surface area contributed by atoms with Crippen LogP contribution in [0, 0.1) is 0 Å². The smallest absolute Gasteiger partial charge is 0.305 e. The average Bonchev–Trinajstić information content (AvgIpc) is 3.25. The van der Waals surface area contributed by atoms with Crippen molar-refractivity contribution in [2.75, 3.05) is 13.2 Å². The molecule has 0 heterocycles. The molecule has 352 valence electrons. The Morgan fingerprint density at radius 1 is 0.467 bits per heavy atom. The van der Waals surface area contributed by atoms with Crippen LogP contribution in [0.15, 0.2) is 36.5 Å². The second-order valence-corrected chi connectivity index (χ2v) is 17.9. The molecule has 2 atom stereocenters. The lowest BCUT2D eigenvalue weighted by molar-refractivity contribution is -0.143. The van der Waals surface area contributed by atoms with Crippen LogP contribution in [0.2, 0.25) is 0 Å².